The van der Waals surface area contributed by atoms with Gasteiger partial charge in [0.25, 0.3) is 0 Å². The first-order valence-electron chi connectivity index (χ1n) is 11.4. The van der Waals surface area contributed by atoms with Crippen molar-refractivity contribution in [2.45, 2.75) is 61.7 Å². The van der Waals surface area contributed by atoms with Crippen molar-refractivity contribution in [2.75, 3.05) is 31.0 Å². The van der Waals surface area contributed by atoms with Gasteiger partial charge in [0.15, 0.2) is 6.49 Å². The average molecular weight is 719 g/mol. The van der Waals surface area contributed by atoms with Gasteiger partial charge >= 0.3 is 161 Å². The normalized spacial score (nSPS) is 31.8. The number of ether oxygens (including phenoxy) is 2. The smallest absolute Gasteiger partial charge is 0.379 e. The number of hydrogen-bond donors (Lipinski definition) is 1. The largest absolute Gasteiger partial charge is 0.379 e. The van der Waals surface area contributed by atoms with E-state index in [1.165, 1.54) is 17.4 Å². The summed E-state index contributed by atoms with van der Waals surface area (Å²) in [6.07, 6.45) is -0.164. The van der Waals surface area contributed by atoms with Gasteiger partial charge in [-0.1, -0.05) is 0 Å². The number of halogens is 1. The van der Waals surface area contributed by atoms with Crippen molar-refractivity contribution in [3.8, 4) is 0 Å². The van der Waals surface area contributed by atoms with Crippen LogP contribution in [0.1, 0.15) is 31.6 Å². The van der Waals surface area contributed by atoms with E-state index in [0.29, 0.717) is 23.0 Å². The van der Waals surface area contributed by atoms with Gasteiger partial charge in [0.2, 0.25) is 0 Å². The molecule has 3 heterocycles. The first-order chi connectivity index (χ1) is 16.9. The van der Waals surface area contributed by atoms with E-state index in [1.54, 1.807) is 6.66 Å². The molecule has 1 N–H and O–H groups in total. The molecule has 0 aliphatic carbocycles. The van der Waals surface area contributed by atoms with E-state index < -0.39 is 49.9 Å². The Morgan fingerprint density at radius 1 is 1.22 bits per heavy atom. The van der Waals surface area contributed by atoms with Crippen molar-refractivity contribution in [3.63, 3.8) is 0 Å². The molecule has 0 bridgehead atoms. The van der Waals surface area contributed by atoms with Gasteiger partial charge in [-0.15, -0.1) is 0 Å². The molecule has 17 heteroatoms. The van der Waals surface area contributed by atoms with E-state index in [-0.39, 0.29) is 30.5 Å². The Hall–Kier alpha value is 0.634. The third kappa shape index (κ3) is 8.32. The van der Waals surface area contributed by atoms with Crippen LogP contribution in [0.5, 0.6) is 0 Å². The summed E-state index contributed by atoms with van der Waals surface area (Å²) < 4.78 is 50.3. The minimum absolute atomic E-state index is 0.00237. The number of H-pyrrole nitrogens is 1. The van der Waals surface area contributed by atoms with E-state index in [9.17, 15) is 14.2 Å². The average Bonchev–Trinajstić information content (AvgIpc) is 3.33. The van der Waals surface area contributed by atoms with Crippen LogP contribution in [-0.4, -0.2) is 78.8 Å². The summed E-state index contributed by atoms with van der Waals surface area (Å²) in [6, 6.07) is -0.0661. The van der Waals surface area contributed by atoms with Crippen LogP contribution in [0.15, 0.2) is 15.8 Å². The van der Waals surface area contributed by atoms with E-state index >= 15 is 0 Å². The van der Waals surface area contributed by atoms with Gasteiger partial charge in [-0.05, 0) is 25.2 Å². The summed E-state index contributed by atoms with van der Waals surface area (Å²) in [6.45, 7) is 3.06. The number of hydrogen-bond acceptors (Lipinski definition) is 10. The number of nitrogens with zero attached hydrogens (tertiary/aromatic N) is 1. The minimum Gasteiger partial charge on any atom is -0.379 e. The van der Waals surface area contributed by atoms with Crippen molar-refractivity contribution in [3.05, 3.63) is 32.6 Å². The zero-order chi connectivity index (χ0) is 26.7. The Bertz CT molecular complexity index is 1130. The predicted molar refractivity (Wildman–Crippen MR) is 145 cm³/mol. The van der Waals surface area contributed by atoms with E-state index in [2.05, 4.69) is 43.6 Å². The second kappa shape index (κ2) is 13.3. The molecule has 2 fully saturated rings. The van der Waals surface area contributed by atoms with Gasteiger partial charge in [0.05, 0.1) is 12.7 Å². The van der Waals surface area contributed by atoms with E-state index in [4.69, 9.17) is 39.4 Å². The van der Waals surface area contributed by atoms with Crippen molar-refractivity contribution < 1.29 is 48.1 Å². The topological polar surface area (TPSA) is 127 Å². The fourth-order valence-electron chi connectivity index (χ4n) is 4.13. The summed E-state index contributed by atoms with van der Waals surface area (Å²) >= 11 is 11.3. The molecule has 205 valence electrons. The summed E-state index contributed by atoms with van der Waals surface area (Å²) in [5, 5.41) is 0.222. The van der Waals surface area contributed by atoms with Crippen LogP contribution in [0.25, 0.3) is 0 Å². The quantitative estimate of drug-likeness (QED) is 0.148. The molecule has 0 amide bonds. The maximum atomic E-state index is 13.3. The zero-order valence-electron chi connectivity index (χ0n) is 20.4. The van der Waals surface area contributed by atoms with Crippen LogP contribution in [0.3, 0.4) is 0 Å². The second-order valence-electron chi connectivity index (χ2n) is 8.73. The fourth-order valence-corrected chi connectivity index (χ4v) is 8.26. The van der Waals surface area contributed by atoms with Crippen molar-refractivity contribution in [1.82, 2.24) is 9.55 Å². The second-order valence-corrected chi connectivity index (χ2v) is 16.0. The molecule has 0 spiro atoms. The minimum atomic E-state index is -3.53. The predicted octanol–water partition coefficient (Wildman–Crippen LogP) is 1.64. The Morgan fingerprint density at radius 3 is 2.56 bits per heavy atom. The molecule has 8 unspecified atom stereocenters. The van der Waals surface area contributed by atoms with Crippen LogP contribution in [0, 0.1) is 0 Å². The molecule has 2 aliphatic rings. The standard InChI is InChI=1S/C19H31BIN2O9P2S.Fe/c1-5-27-34(4,35)32-12-6-16(20)29-15(12)10-28-33(3,26)31-13-7-17(30-14(13)8-21)23-9-11(2)18(24)22-19(23)25;/h9,12-17H,2,5-8,10,20H2,1,3-4H3,(H,22,24,25);. The van der Waals surface area contributed by atoms with Gasteiger partial charge in [0, 0.05) is 12.7 Å². The molecular weight excluding hydrogens is 688 g/mol. The summed E-state index contributed by atoms with van der Waals surface area (Å²) in [4.78, 5) is 26.5. The molecular formula is C19H31BFeIN2O9P2S. The third-order valence-corrected chi connectivity index (χ3v) is 10.2. The Labute approximate surface area is 238 Å². The van der Waals surface area contributed by atoms with Gasteiger partial charge in [-0.25, -0.2) is 0 Å². The van der Waals surface area contributed by atoms with Gasteiger partial charge in [-0.2, -0.15) is 0 Å². The molecule has 0 aromatic carbocycles. The van der Waals surface area contributed by atoms with Gasteiger partial charge in [-0.3, -0.25) is 0 Å². The van der Waals surface area contributed by atoms with Crippen LogP contribution in [0.2, 0.25) is 0 Å². The number of nitrogens with one attached hydrogen (secondary N) is 1. The summed E-state index contributed by atoms with van der Waals surface area (Å²) in [7, 11) is -1.60. The van der Waals surface area contributed by atoms with Crippen molar-refractivity contribution in [2.24, 2.45) is 0 Å². The summed E-state index contributed by atoms with van der Waals surface area (Å²) in [5.74, 6) is 0. The molecule has 3 rings (SSSR count). The zero-order valence-corrected chi connectivity index (χ0v) is 26.3. The Kier molecular flexibility index (Phi) is 11.5. The molecule has 8 atom stereocenters. The van der Waals surface area contributed by atoms with Gasteiger partial charge < -0.3 is 13.8 Å². The van der Waals surface area contributed by atoms with Crippen LogP contribution < -0.4 is 11.2 Å². The third-order valence-electron chi connectivity index (χ3n) is 5.70. The molecule has 2 aliphatic heterocycles. The number of rotatable bonds is 12. The first-order valence-corrected chi connectivity index (χ1v) is 18.8. The molecule has 1 aromatic heterocycles. The number of aromatic amines is 1. The van der Waals surface area contributed by atoms with Crippen molar-refractivity contribution >= 4 is 56.3 Å². The van der Waals surface area contributed by atoms with E-state index in [0.717, 1.165) is 0 Å². The number of aromatic nitrogens is 2. The molecule has 1 aromatic rings. The monoisotopic (exact) mass is 719 g/mol. The Morgan fingerprint density at radius 2 is 1.92 bits per heavy atom. The molecule has 11 nitrogen and oxygen atoms in total. The molecule has 36 heavy (non-hydrogen) atoms. The van der Waals surface area contributed by atoms with Crippen LogP contribution >= 0.6 is 36.7 Å². The SMILES string of the molecule is BC1CC(OP(C)(=S)OCC)C(COP(C)(=O)OC2CC(n3cc([CH2][Fe])c(=O)[nH]c3=O)OC2CI)O1. The Balaban J connectivity index is 1.64. The molecule has 2 saturated heterocycles. The van der Waals surface area contributed by atoms with E-state index in [1.807, 2.05) is 14.8 Å². The molecule has 0 radical (unpaired) electrons. The summed E-state index contributed by atoms with van der Waals surface area (Å²) in [5.41, 5.74) is -0.699. The van der Waals surface area contributed by atoms with Gasteiger partial charge in [0.1, 0.15) is 7.85 Å². The van der Waals surface area contributed by atoms with Crippen molar-refractivity contribution in [1.29, 1.82) is 0 Å². The molecule has 0 saturated carbocycles. The maximum absolute atomic E-state index is 13.3. The fraction of sp³-hybridized carbons (Fsp3) is 0.789. The van der Waals surface area contributed by atoms with Crippen LogP contribution in [-0.2, 0) is 65.3 Å². The number of alkyl halides is 1. The first kappa shape index (κ1) is 31.2. The van der Waals surface area contributed by atoms with Crippen LogP contribution in [0.4, 0.5) is 0 Å². The maximum Gasteiger partial charge on any atom is -0.379 e.